The molecule has 0 saturated carbocycles. The zero-order chi connectivity index (χ0) is 29.6. The van der Waals surface area contributed by atoms with E-state index in [4.69, 9.17) is 0 Å². The van der Waals surface area contributed by atoms with Crippen LogP contribution < -0.4 is 10.4 Å². The Morgan fingerprint density at radius 1 is 0.432 bits per heavy atom. The minimum atomic E-state index is 0.275. The molecular formula is C44H38. The molecule has 4 aliphatic rings. The highest BCUT2D eigenvalue weighted by atomic mass is 14.4. The summed E-state index contributed by atoms with van der Waals surface area (Å²) in [5.74, 6) is 0.555. The average Bonchev–Trinajstić information content (AvgIpc) is 3.08. The molecule has 44 heavy (non-hydrogen) atoms. The molecule has 3 aromatic rings. The fraction of sp³-hybridized carbons (Fsp3) is 0.136. The first-order valence-corrected chi connectivity index (χ1v) is 16.0. The van der Waals surface area contributed by atoms with Gasteiger partial charge in [-0.3, -0.25) is 0 Å². The lowest BCUT2D eigenvalue weighted by atomic mass is 9.69. The van der Waals surface area contributed by atoms with Crippen LogP contribution in [0.4, 0.5) is 0 Å². The summed E-state index contributed by atoms with van der Waals surface area (Å²) in [4.78, 5) is 0. The van der Waals surface area contributed by atoms with Crippen LogP contribution in [0.5, 0.6) is 0 Å². The third-order valence-electron chi connectivity index (χ3n) is 9.20. The van der Waals surface area contributed by atoms with Gasteiger partial charge in [-0.05, 0) is 80.3 Å². The smallest absolute Gasteiger partial charge is 0.0137 e. The van der Waals surface area contributed by atoms with E-state index in [1.807, 2.05) is 0 Å². The number of hydrogen-bond donors (Lipinski definition) is 0. The van der Waals surface area contributed by atoms with E-state index in [2.05, 4.69) is 170 Å². The highest BCUT2D eigenvalue weighted by Gasteiger charge is 2.33. The SMILES string of the molecule is C1=CC2C(\C3=C/C=C\C=C/C=C(\C4=C/C=C\C=C/C=C/CC4)CC3)=c3ccccc3=C(c3cccc4ccccc34)C2C=C1. The molecule has 0 spiro atoms. The molecule has 2 atom stereocenters. The summed E-state index contributed by atoms with van der Waals surface area (Å²) in [6.45, 7) is 0. The summed E-state index contributed by atoms with van der Waals surface area (Å²) < 4.78 is 0. The number of hydrogen-bond acceptors (Lipinski definition) is 0. The van der Waals surface area contributed by atoms with Gasteiger partial charge in [-0.1, -0.05) is 170 Å². The number of fused-ring (bicyclic) bond motifs is 3. The van der Waals surface area contributed by atoms with Crippen LogP contribution in [0, 0.1) is 11.8 Å². The summed E-state index contributed by atoms with van der Waals surface area (Å²) >= 11 is 0. The van der Waals surface area contributed by atoms with Gasteiger partial charge in [0.05, 0.1) is 0 Å². The maximum Gasteiger partial charge on any atom is 0.0137 e. The van der Waals surface area contributed by atoms with Gasteiger partial charge in [0, 0.05) is 11.8 Å². The third-order valence-corrected chi connectivity index (χ3v) is 9.20. The Labute approximate surface area is 261 Å². The summed E-state index contributed by atoms with van der Waals surface area (Å²) in [6.07, 6.45) is 42.2. The van der Waals surface area contributed by atoms with Gasteiger partial charge in [0.1, 0.15) is 0 Å². The maximum absolute atomic E-state index is 2.44. The quantitative estimate of drug-likeness (QED) is 0.296. The van der Waals surface area contributed by atoms with Crippen molar-refractivity contribution in [3.05, 3.63) is 203 Å². The molecule has 0 heteroatoms. The van der Waals surface area contributed by atoms with Gasteiger partial charge < -0.3 is 0 Å². The van der Waals surface area contributed by atoms with E-state index < -0.39 is 0 Å². The molecule has 0 heterocycles. The summed E-state index contributed by atoms with van der Waals surface area (Å²) in [7, 11) is 0. The van der Waals surface area contributed by atoms with Crippen molar-refractivity contribution in [3.8, 4) is 0 Å². The van der Waals surface area contributed by atoms with Gasteiger partial charge in [-0.25, -0.2) is 0 Å². The normalized spacial score (nSPS) is 28.6. The molecular weight excluding hydrogens is 528 g/mol. The lowest BCUT2D eigenvalue weighted by molar-refractivity contribution is 0.680. The predicted molar refractivity (Wildman–Crippen MR) is 189 cm³/mol. The first-order chi connectivity index (χ1) is 21.9. The summed E-state index contributed by atoms with van der Waals surface area (Å²) in [5.41, 5.74) is 8.53. The Bertz CT molecular complexity index is 2000. The van der Waals surface area contributed by atoms with Crippen LogP contribution in [-0.2, 0) is 0 Å². The third kappa shape index (κ3) is 5.69. The predicted octanol–water partition coefficient (Wildman–Crippen LogP) is 9.71. The van der Waals surface area contributed by atoms with Gasteiger partial charge in [-0.15, -0.1) is 0 Å². The van der Waals surface area contributed by atoms with Crippen molar-refractivity contribution in [2.75, 3.05) is 0 Å². The second-order valence-electron chi connectivity index (χ2n) is 11.8. The molecule has 0 amide bonds. The summed E-state index contributed by atoms with van der Waals surface area (Å²) in [6, 6.07) is 24.7. The monoisotopic (exact) mass is 566 g/mol. The van der Waals surface area contributed by atoms with Crippen LogP contribution >= 0.6 is 0 Å². The van der Waals surface area contributed by atoms with Gasteiger partial charge in [-0.2, -0.15) is 0 Å². The van der Waals surface area contributed by atoms with Crippen LogP contribution in [0.1, 0.15) is 31.2 Å². The number of rotatable bonds is 3. The average molecular weight is 567 g/mol. The fourth-order valence-corrected chi connectivity index (χ4v) is 7.17. The topological polar surface area (TPSA) is 0 Å². The summed E-state index contributed by atoms with van der Waals surface area (Å²) in [5, 5.41) is 5.34. The zero-order valence-electron chi connectivity index (χ0n) is 25.1. The van der Waals surface area contributed by atoms with Crippen LogP contribution in [0.25, 0.3) is 21.9 Å². The van der Waals surface area contributed by atoms with Crippen LogP contribution in [0.15, 0.2) is 187 Å². The van der Waals surface area contributed by atoms with E-state index in [1.165, 1.54) is 54.6 Å². The van der Waals surface area contributed by atoms with E-state index in [1.54, 1.807) is 0 Å². The molecule has 0 nitrogen and oxygen atoms in total. The Hall–Kier alpha value is -4.94. The lowest BCUT2D eigenvalue weighted by Crippen LogP contribution is -2.40. The highest BCUT2D eigenvalue weighted by Crippen LogP contribution is 2.43. The van der Waals surface area contributed by atoms with Gasteiger partial charge >= 0.3 is 0 Å². The maximum atomic E-state index is 2.44. The Balaban J connectivity index is 1.39. The van der Waals surface area contributed by atoms with E-state index in [9.17, 15) is 0 Å². The lowest BCUT2D eigenvalue weighted by Gasteiger charge is -2.34. The molecule has 7 rings (SSSR count). The largest absolute Gasteiger partial charge is 0.0842 e. The molecule has 0 aliphatic heterocycles. The van der Waals surface area contributed by atoms with Crippen molar-refractivity contribution in [1.29, 1.82) is 0 Å². The molecule has 0 aromatic heterocycles. The van der Waals surface area contributed by atoms with Crippen LogP contribution in [0.3, 0.4) is 0 Å². The van der Waals surface area contributed by atoms with Crippen molar-refractivity contribution in [2.45, 2.75) is 25.7 Å². The van der Waals surface area contributed by atoms with Gasteiger partial charge in [0.2, 0.25) is 0 Å². The second-order valence-corrected chi connectivity index (χ2v) is 11.8. The van der Waals surface area contributed by atoms with E-state index in [0.29, 0.717) is 0 Å². The van der Waals surface area contributed by atoms with Crippen molar-refractivity contribution in [3.63, 3.8) is 0 Å². The van der Waals surface area contributed by atoms with Crippen molar-refractivity contribution in [1.82, 2.24) is 0 Å². The molecule has 2 unspecified atom stereocenters. The first kappa shape index (κ1) is 27.9. The number of allylic oxidation sites excluding steroid dienone is 20. The zero-order valence-corrected chi connectivity index (χ0v) is 25.1. The van der Waals surface area contributed by atoms with Crippen LogP contribution in [0.2, 0.25) is 0 Å². The Morgan fingerprint density at radius 2 is 1.00 bits per heavy atom. The minimum Gasteiger partial charge on any atom is -0.0842 e. The minimum absolute atomic E-state index is 0.275. The van der Waals surface area contributed by atoms with Gasteiger partial charge in [0.25, 0.3) is 0 Å². The molecule has 0 bridgehead atoms. The second kappa shape index (κ2) is 13.1. The first-order valence-electron chi connectivity index (χ1n) is 16.0. The van der Waals surface area contributed by atoms with E-state index in [-0.39, 0.29) is 11.8 Å². The standard InChI is InChI=1S/C44H38/c1-2-4-8-19-33(20-9-5-3-1)34-21-10-6-7-11-23-36(32-31-34)43-39-26-14-16-28-41(39)44(42-29-17-15-27-40(42)43)38-30-18-24-35-22-12-13-25-37(35)38/h1-8,10-19,21-30,39,41H,9,20,31-32H2/b2-1-,5-3+,8-4-,10-6-,11-7-,33-19-,34-21-,36-23-. The van der Waals surface area contributed by atoms with Crippen molar-refractivity contribution in [2.24, 2.45) is 11.8 Å². The van der Waals surface area contributed by atoms with Crippen LogP contribution in [-0.4, -0.2) is 0 Å². The molecule has 3 aromatic carbocycles. The molecule has 4 aliphatic carbocycles. The Morgan fingerprint density at radius 3 is 1.80 bits per heavy atom. The van der Waals surface area contributed by atoms with Crippen molar-refractivity contribution >= 4 is 21.9 Å². The molecule has 0 saturated heterocycles. The molecule has 0 radical (unpaired) electrons. The molecule has 0 fully saturated rings. The van der Waals surface area contributed by atoms with E-state index in [0.717, 1.165) is 25.7 Å². The fourth-order valence-electron chi connectivity index (χ4n) is 7.17. The molecule has 214 valence electrons. The molecule has 0 N–H and O–H groups in total. The van der Waals surface area contributed by atoms with Crippen molar-refractivity contribution < 1.29 is 0 Å². The van der Waals surface area contributed by atoms with E-state index >= 15 is 0 Å². The Kier molecular flexibility index (Phi) is 8.33. The van der Waals surface area contributed by atoms with Gasteiger partial charge in [0.15, 0.2) is 0 Å². The highest BCUT2D eigenvalue weighted by molar-refractivity contribution is 5.96. The number of benzene rings is 3.